The number of rotatable bonds is 5. The molecule has 1 amide bonds. The minimum absolute atomic E-state index is 0.0128. The summed E-state index contributed by atoms with van der Waals surface area (Å²) in [7, 11) is 0. The molecule has 0 saturated carbocycles. The smallest absolute Gasteiger partial charge is 0.234 e. The number of aldehydes is 1. The van der Waals surface area contributed by atoms with Gasteiger partial charge in [-0.1, -0.05) is 0 Å². The van der Waals surface area contributed by atoms with Crippen molar-refractivity contribution in [2.24, 2.45) is 0 Å². The molecule has 0 saturated heterocycles. The van der Waals surface area contributed by atoms with E-state index in [0.29, 0.717) is 19.4 Å². The van der Waals surface area contributed by atoms with Crippen LogP contribution in [-0.2, 0) is 9.59 Å². The molecule has 1 N–H and O–H groups in total. The van der Waals surface area contributed by atoms with Gasteiger partial charge in [-0.2, -0.15) is 0 Å². The average Bonchev–Trinajstić information content (AvgIpc) is 1.98. The Morgan fingerprint density at radius 2 is 2.30 bits per heavy atom. The lowest BCUT2D eigenvalue weighted by atomic mass is 10.3. The highest BCUT2D eigenvalue weighted by atomic mass is 35.5. The van der Waals surface area contributed by atoms with E-state index in [-0.39, 0.29) is 11.8 Å². The molecule has 0 aromatic rings. The number of halogens is 1. The number of alkyl halides is 1. The van der Waals surface area contributed by atoms with Gasteiger partial charge >= 0.3 is 0 Å². The van der Waals surface area contributed by atoms with Crippen molar-refractivity contribution < 1.29 is 9.59 Å². The molecule has 0 rings (SSSR count). The molecule has 0 aliphatic rings. The second-order valence-corrected chi connectivity index (χ2v) is 2.06. The summed E-state index contributed by atoms with van der Waals surface area (Å²) in [6.07, 6.45) is 2.00. The van der Waals surface area contributed by atoms with Crippen molar-refractivity contribution in [3.63, 3.8) is 0 Å². The van der Waals surface area contributed by atoms with Crippen LogP contribution >= 0.6 is 11.6 Å². The van der Waals surface area contributed by atoms with Gasteiger partial charge in [-0.25, -0.2) is 0 Å². The summed E-state index contributed by atoms with van der Waals surface area (Å²) in [5.41, 5.74) is 0. The highest BCUT2D eigenvalue weighted by Crippen LogP contribution is 1.81. The Morgan fingerprint density at radius 3 is 2.80 bits per heavy atom. The number of nitrogens with one attached hydrogen (secondary N) is 1. The van der Waals surface area contributed by atoms with E-state index >= 15 is 0 Å². The summed E-state index contributed by atoms with van der Waals surface area (Å²) < 4.78 is 0. The highest BCUT2D eigenvalue weighted by molar-refractivity contribution is 6.27. The van der Waals surface area contributed by atoms with E-state index in [9.17, 15) is 9.59 Å². The third-order valence-electron chi connectivity index (χ3n) is 0.942. The van der Waals surface area contributed by atoms with Crippen LogP contribution in [-0.4, -0.2) is 24.6 Å². The van der Waals surface area contributed by atoms with Crippen molar-refractivity contribution in [3.05, 3.63) is 0 Å². The van der Waals surface area contributed by atoms with E-state index < -0.39 is 0 Å². The van der Waals surface area contributed by atoms with Gasteiger partial charge in [-0.15, -0.1) is 11.6 Å². The summed E-state index contributed by atoms with van der Waals surface area (Å²) >= 11 is 5.18. The van der Waals surface area contributed by atoms with Crippen LogP contribution in [0.1, 0.15) is 12.8 Å². The number of unbranched alkanes of at least 4 members (excludes halogenated alkanes) is 1. The van der Waals surface area contributed by atoms with Crippen molar-refractivity contribution >= 4 is 23.8 Å². The maximum Gasteiger partial charge on any atom is 0.234 e. The van der Waals surface area contributed by atoms with Gasteiger partial charge in [-0.3, -0.25) is 4.79 Å². The van der Waals surface area contributed by atoms with Crippen LogP contribution in [0.5, 0.6) is 0 Å². The number of carbonyl (C=O) groups is 2. The van der Waals surface area contributed by atoms with Gasteiger partial charge in [0.1, 0.15) is 12.2 Å². The van der Waals surface area contributed by atoms with Gasteiger partial charge in [0, 0.05) is 13.0 Å². The Morgan fingerprint density at radius 1 is 1.60 bits per heavy atom. The fourth-order valence-corrected chi connectivity index (χ4v) is 0.555. The topological polar surface area (TPSA) is 46.2 Å². The zero-order valence-corrected chi connectivity index (χ0v) is 6.36. The normalized spacial score (nSPS) is 8.90. The maximum absolute atomic E-state index is 10.4. The Labute approximate surface area is 64.7 Å². The van der Waals surface area contributed by atoms with Gasteiger partial charge in [-0.05, 0) is 6.42 Å². The van der Waals surface area contributed by atoms with Crippen molar-refractivity contribution in [1.82, 2.24) is 5.32 Å². The Hall–Kier alpha value is -0.570. The first-order chi connectivity index (χ1) is 4.81. The van der Waals surface area contributed by atoms with Gasteiger partial charge in [0.25, 0.3) is 0 Å². The van der Waals surface area contributed by atoms with E-state index in [1.807, 2.05) is 0 Å². The van der Waals surface area contributed by atoms with E-state index in [2.05, 4.69) is 5.32 Å². The quantitative estimate of drug-likeness (QED) is 0.361. The van der Waals surface area contributed by atoms with Gasteiger partial charge in [0.2, 0.25) is 5.91 Å². The highest BCUT2D eigenvalue weighted by Gasteiger charge is 1.94. The zero-order valence-electron chi connectivity index (χ0n) is 5.60. The van der Waals surface area contributed by atoms with Crippen molar-refractivity contribution in [2.75, 3.05) is 12.4 Å². The lowest BCUT2D eigenvalue weighted by molar-refractivity contribution is -0.118. The van der Waals surface area contributed by atoms with Gasteiger partial charge in [0.05, 0.1) is 0 Å². The summed E-state index contributed by atoms with van der Waals surface area (Å²) in [4.78, 5) is 20.2. The maximum atomic E-state index is 10.4. The van der Waals surface area contributed by atoms with Crippen LogP contribution < -0.4 is 5.32 Å². The predicted molar refractivity (Wildman–Crippen MR) is 39.0 cm³/mol. The molecule has 0 aromatic heterocycles. The molecule has 0 heterocycles. The molecule has 4 heteroatoms. The van der Waals surface area contributed by atoms with Crippen molar-refractivity contribution in [2.45, 2.75) is 12.8 Å². The molecule has 10 heavy (non-hydrogen) atoms. The molecule has 0 aromatic carbocycles. The molecule has 0 aliphatic heterocycles. The summed E-state index contributed by atoms with van der Waals surface area (Å²) in [6.45, 7) is 0.532. The molecule has 0 fully saturated rings. The van der Waals surface area contributed by atoms with Crippen molar-refractivity contribution in [1.29, 1.82) is 0 Å². The third kappa shape index (κ3) is 5.56. The Kier molecular flexibility index (Phi) is 6.18. The Bertz CT molecular complexity index is 116. The predicted octanol–water partition coefficient (Wildman–Crippen LogP) is 0.320. The monoisotopic (exact) mass is 163 g/mol. The van der Waals surface area contributed by atoms with Gasteiger partial charge in [0.15, 0.2) is 0 Å². The molecule has 0 unspecified atom stereocenters. The number of hydrogen-bond donors (Lipinski definition) is 1. The summed E-state index contributed by atoms with van der Waals surface area (Å²) in [6, 6.07) is 0. The van der Waals surface area contributed by atoms with Crippen LogP contribution in [0.2, 0.25) is 0 Å². The van der Waals surface area contributed by atoms with Crippen LogP contribution in [0.4, 0.5) is 0 Å². The molecule has 3 nitrogen and oxygen atoms in total. The minimum atomic E-state index is -0.187. The number of hydrogen-bond acceptors (Lipinski definition) is 2. The number of carbonyl (C=O) groups excluding carboxylic acids is 2. The lowest BCUT2D eigenvalue weighted by Crippen LogP contribution is -2.25. The molecule has 0 radical (unpaired) electrons. The first-order valence-electron chi connectivity index (χ1n) is 3.07. The SMILES string of the molecule is O=CCCCNC(=O)CCl. The van der Waals surface area contributed by atoms with E-state index in [1.54, 1.807) is 0 Å². The van der Waals surface area contributed by atoms with E-state index in [0.717, 1.165) is 6.29 Å². The van der Waals surface area contributed by atoms with Gasteiger partial charge < -0.3 is 10.1 Å². The summed E-state index contributed by atoms with van der Waals surface area (Å²) in [5, 5.41) is 2.54. The second-order valence-electron chi connectivity index (χ2n) is 1.79. The molecular weight excluding hydrogens is 154 g/mol. The fourth-order valence-electron chi connectivity index (χ4n) is 0.460. The van der Waals surface area contributed by atoms with E-state index in [1.165, 1.54) is 0 Å². The molecule has 0 atom stereocenters. The van der Waals surface area contributed by atoms with E-state index in [4.69, 9.17) is 11.6 Å². The largest absolute Gasteiger partial charge is 0.355 e. The Balaban J connectivity index is 3.03. The standard InChI is InChI=1S/C6H10ClNO2/c7-5-6(10)8-3-1-2-4-9/h4H,1-3,5H2,(H,8,10). The molecule has 58 valence electrons. The average molecular weight is 164 g/mol. The first kappa shape index (κ1) is 9.43. The van der Waals surface area contributed by atoms with Crippen LogP contribution in [0, 0.1) is 0 Å². The molecular formula is C6H10ClNO2. The molecule has 0 aliphatic carbocycles. The number of amides is 1. The lowest BCUT2D eigenvalue weighted by Gasteiger charge is -1.98. The first-order valence-corrected chi connectivity index (χ1v) is 3.61. The zero-order chi connectivity index (χ0) is 7.82. The summed E-state index contributed by atoms with van der Waals surface area (Å²) in [5.74, 6) is -0.200. The van der Waals surface area contributed by atoms with Crippen LogP contribution in [0.25, 0.3) is 0 Å². The van der Waals surface area contributed by atoms with Crippen molar-refractivity contribution in [3.8, 4) is 0 Å². The fraction of sp³-hybridized carbons (Fsp3) is 0.667. The molecule has 0 spiro atoms. The third-order valence-corrected chi connectivity index (χ3v) is 1.19. The minimum Gasteiger partial charge on any atom is -0.355 e. The van der Waals surface area contributed by atoms with Crippen LogP contribution in [0.3, 0.4) is 0 Å². The second kappa shape index (κ2) is 6.55. The van der Waals surface area contributed by atoms with Crippen LogP contribution in [0.15, 0.2) is 0 Å². The molecule has 0 bridgehead atoms.